The third-order valence-electron chi connectivity index (χ3n) is 7.59. The molecule has 6 rings (SSSR count). The highest BCUT2D eigenvalue weighted by molar-refractivity contribution is 6.20. The Labute approximate surface area is 198 Å². The van der Waals surface area contributed by atoms with Gasteiger partial charge in [-0.05, 0) is 49.6 Å². The highest BCUT2D eigenvalue weighted by atomic mass is 16.5. The van der Waals surface area contributed by atoms with Crippen LogP contribution in [0.5, 0.6) is 0 Å². The van der Waals surface area contributed by atoms with E-state index in [-0.39, 0.29) is 11.2 Å². The fourth-order valence-electron chi connectivity index (χ4n) is 5.94. The van der Waals surface area contributed by atoms with E-state index in [2.05, 4.69) is 39.2 Å². The predicted molar refractivity (Wildman–Crippen MR) is 131 cm³/mol. The van der Waals surface area contributed by atoms with Crippen LogP contribution in [0.2, 0.25) is 0 Å². The fourth-order valence-corrected chi connectivity index (χ4v) is 5.94. The molecule has 0 bridgehead atoms. The quantitative estimate of drug-likeness (QED) is 0.555. The SMILES string of the molecule is CC#Cc1cc2c(cc1N1CCNCC1)C1(CCOCC1)c1[nH]c3cc(C#N)ccc3c1C2=O. The second-order valence-corrected chi connectivity index (χ2v) is 9.30. The molecule has 0 amide bonds. The van der Waals surface area contributed by atoms with Crippen LogP contribution < -0.4 is 10.2 Å². The first-order chi connectivity index (χ1) is 16.7. The summed E-state index contributed by atoms with van der Waals surface area (Å²) in [6, 6.07) is 12.0. The normalized spacial score (nSPS) is 18.7. The number of anilines is 1. The van der Waals surface area contributed by atoms with Gasteiger partial charge in [0.15, 0.2) is 5.78 Å². The zero-order valence-electron chi connectivity index (χ0n) is 19.3. The Morgan fingerprint density at radius 2 is 1.91 bits per heavy atom. The average molecular weight is 451 g/mol. The lowest BCUT2D eigenvalue weighted by atomic mass is 9.64. The zero-order chi connectivity index (χ0) is 23.3. The van der Waals surface area contributed by atoms with Gasteiger partial charge in [0.2, 0.25) is 0 Å². The van der Waals surface area contributed by atoms with Crippen molar-refractivity contribution in [2.24, 2.45) is 0 Å². The lowest BCUT2D eigenvalue weighted by Crippen LogP contribution is -2.44. The number of hydrogen-bond acceptors (Lipinski definition) is 5. The second kappa shape index (κ2) is 8.02. The van der Waals surface area contributed by atoms with Crippen molar-refractivity contribution in [1.82, 2.24) is 10.3 Å². The van der Waals surface area contributed by atoms with Crippen LogP contribution in [0.1, 0.15) is 58.1 Å². The van der Waals surface area contributed by atoms with E-state index in [0.717, 1.165) is 83.6 Å². The van der Waals surface area contributed by atoms with Crippen molar-refractivity contribution < 1.29 is 9.53 Å². The highest BCUT2D eigenvalue weighted by Gasteiger charge is 2.47. The summed E-state index contributed by atoms with van der Waals surface area (Å²) in [7, 11) is 0. The molecule has 3 heterocycles. The number of H-pyrrole nitrogens is 1. The third-order valence-corrected chi connectivity index (χ3v) is 7.59. The van der Waals surface area contributed by atoms with E-state index in [4.69, 9.17) is 4.74 Å². The lowest BCUT2D eigenvalue weighted by Gasteiger charge is -2.42. The lowest BCUT2D eigenvalue weighted by molar-refractivity contribution is 0.0602. The van der Waals surface area contributed by atoms with Crippen LogP contribution in [0.15, 0.2) is 30.3 Å². The molecule has 0 unspecified atom stereocenters. The minimum Gasteiger partial charge on any atom is -0.381 e. The molecule has 0 saturated carbocycles. The van der Waals surface area contributed by atoms with Crippen molar-refractivity contribution in [2.45, 2.75) is 25.2 Å². The van der Waals surface area contributed by atoms with Gasteiger partial charge in [0.1, 0.15) is 0 Å². The standard InChI is InChI=1S/C28H26N4O2/c1-2-3-19-15-21-22(16-24(19)32-10-8-30-9-11-32)28(6-12-34-13-7-28)27-25(26(21)33)20-5-4-18(17-29)14-23(20)31-27/h4-5,14-16,30-31H,6-13H2,1H3. The summed E-state index contributed by atoms with van der Waals surface area (Å²) in [5, 5.41) is 13.7. The molecular weight excluding hydrogens is 424 g/mol. The number of piperazine rings is 1. The minimum absolute atomic E-state index is 0.0316. The molecule has 0 atom stereocenters. The number of nitriles is 1. The van der Waals surface area contributed by atoms with Gasteiger partial charge in [-0.15, -0.1) is 5.92 Å². The van der Waals surface area contributed by atoms with E-state index in [1.54, 1.807) is 6.07 Å². The van der Waals surface area contributed by atoms with E-state index < -0.39 is 0 Å². The van der Waals surface area contributed by atoms with Crippen molar-refractivity contribution >= 4 is 22.4 Å². The van der Waals surface area contributed by atoms with Crippen molar-refractivity contribution in [2.75, 3.05) is 44.3 Å². The number of aromatic nitrogens is 1. The zero-order valence-corrected chi connectivity index (χ0v) is 19.3. The number of hydrogen-bond donors (Lipinski definition) is 2. The first-order valence-corrected chi connectivity index (χ1v) is 11.9. The van der Waals surface area contributed by atoms with Gasteiger partial charge in [-0.25, -0.2) is 0 Å². The van der Waals surface area contributed by atoms with Crippen LogP contribution in [0.4, 0.5) is 5.69 Å². The van der Waals surface area contributed by atoms with E-state index in [1.165, 1.54) is 0 Å². The van der Waals surface area contributed by atoms with E-state index in [0.29, 0.717) is 18.8 Å². The topological polar surface area (TPSA) is 81.2 Å². The van der Waals surface area contributed by atoms with Gasteiger partial charge in [-0.1, -0.05) is 12.0 Å². The molecule has 1 aliphatic carbocycles. The van der Waals surface area contributed by atoms with Gasteiger partial charge in [0.25, 0.3) is 0 Å². The summed E-state index contributed by atoms with van der Waals surface area (Å²) in [6.07, 6.45) is 1.61. The van der Waals surface area contributed by atoms with Crippen LogP contribution in [0, 0.1) is 23.2 Å². The molecule has 34 heavy (non-hydrogen) atoms. The second-order valence-electron chi connectivity index (χ2n) is 9.30. The Morgan fingerprint density at radius 1 is 1.12 bits per heavy atom. The molecule has 3 aliphatic rings. The van der Waals surface area contributed by atoms with Crippen LogP contribution in [0.3, 0.4) is 0 Å². The summed E-state index contributed by atoms with van der Waals surface area (Å²) >= 11 is 0. The summed E-state index contributed by atoms with van der Waals surface area (Å²) in [5.41, 5.74) is 6.65. The van der Waals surface area contributed by atoms with Gasteiger partial charge < -0.3 is 19.9 Å². The molecule has 170 valence electrons. The Morgan fingerprint density at radius 3 is 2.65 bits per heavy atom. The van der Waals surface area contributed by atoms with Gasteiger partial charge in [0, 0.05) is 72.5 Å². The molecule has 0 radical (unpaired) electrons. The molecule has 6 nitrogen and oxygen atoms in total. The smallest absolute Gasteiger partial charge is 0.195 e. The number of aromatic amines is 1. The Balaban J connectivity index is 1.63. The number of nitrogens with zero attached hydrogens (tertiary/aromatic N) is 2. The summed E-state index contributed by atoms with van der Waals surface area (Å²) in [4.78, 5) is 20.0. The number of ketones is 1. The Kier molecular flexibility index (Phi) is 4.95. The van der Waals surface area contributed by atoms with Crippen molar-refractivity contribution in [3.63, 3.8) is 0 Å². The van der Waals surface area contributed by atoms with E-state index >= 15 is 0 Å². The molecule has 2 fully saturated rings. The maximum atomic E-state index is 14.0. The number of carbonyl (C=O) groups is 1. The van der Waals surface area contributed by atoms with Gasteiger partial charge in [-0.3, -0.25) is 4.79 Å². The molecular formula is C28H26N4O2. The van der Waals surface area contributed by atoms with Crippen molar-refractivity contribution in [3.05, 3.63) is 63.8 Å². The van der Waals surface area contributed by atoms with Crippen molar-refractivity contribution in [1.29, 1.82) is 5.26 Å². The molecule has 2 saturated heterocycles. The number of nitrogens with one attached hydrogen (secondary N) is 2. The van der Waals surface area contributed by atoms with Gasteiger partial charge in [-0.2, -0.15) is 5.26 Å². The monoisotopic (exact) mass is 450 g/mol. The van der Waals surface area contributed by atoms with Crippen LogP contribution in [-0.4, -0.2) is 50.2 Å². The third kappa shape index (κ3) is 3.00. The number of benzene rings is 2. The molecule has 2 N–H and O–H groups in total. The van der Waals surface area contributed by atoms with Crippen LogP contribution in [0.25, 0.3) is 10.9 Å². The first-order valence-electron chi connectivity index (χ1n) is 11.9. The number of fused-ring (bicyclic) bond motifs is 6. The number of ether oxygens (including phenoxy) is 1. The summed E-state index contributed by atoms with van der Waals surface area (Å²) in [6.45, 7) is 6.82. The van der Waals surface area contributed by atoms with Crippen LogP contribution in [-0.2, 0) is 10.2 Å². The Hall–Kier alpha value is -3.58. The largest absolute Gasteiger partial charge is 0.381 e. The number of carbonyl (C=O) groups excluding carboxylic acids is 1. The van der Waals surface area contributed by atoms with Crippen LogP contribution >= 0.6 is 0 Å². The molecule has 2 aliphatic heterocycles. The fraction of sp³-hybridized carbons (Fsp3) is 0.357. The average Bonchev–Trinajstić information content (AvgIpc) is 3.28. The highest BCUT2D eigenvalue weighted by Crippen LogP contribution is 2.50. The van der Waals surface area contributed by atoms with E-state index in [1.807, 2.05) is 25.1 Å². The van der Waals surface area contributed by atoms with E-state index in [9.17, 15) is 10.1 Å². The maximum absolute atomic E-state index is 14.0. The Bertz CT molecular complexity index is 1420. The number of rotatable bonds is 1. The summed E-state index contributed by atoms with van der Waals surface area (Å²) in [5.74, 6) is 6.36. The predicted octanol–water partition coefficient (Wildman–Crippen LogP) is 3.46. The summed E-state index contributed by atoms with van der Waals surface area (Å²) < 4.78 is 5.79. The first kappa shape index (κ1) is 21.0. The molecule has 6 heteroatoms. The van der Waals surface area contributed by atoms with Crippen molar-refractivity contribution in [3.8, 4) is 17.9 Å². The molecule has 3 aromatic rings. The maximum Gasteiger partial charge on any atom is 0.195 e. The van der Waals surface area contributed by atoms with Gasteiger partial charge in [0.05, 0.1) is 22.9 Å². The van der Waals surface area contributed by atoms with Gasteiger partial charge >= 0.3 is 0 Å². The molecule has 2 aromatic carbocycles. The minimum atomic E-state index is -0.330. The molecule has 1 aromatic heterocycles. The molecule has 1 spiro atoms.